The SMILES string of the molecule is CCCCCC(C)N(C)C1CCCC1CN. The third kappa shape index (κ3) is 3.74. The second-order valence-electron chi connectivity index (χ2n) is 5.50. The average molecular weight is 226 g/mol. The molecule has 2 heteroatoms. The molecule has 16 heavy (non-hydrogen) atoms. The van der Waals surface area contributed by atoms with Crippen LogP contribution in [0.3, 0.4) is 0 Å². The van der Waals surface area contributed by atoms with Crippen molar-refractivity contribution in [2.75, 3.05) is 13.6 Å². The topological polar surface area (TPSA) is 29.3 Å². The molecule has 2 N–H and O–H groups in total. The molecule has 0 radical (unpaired) electrons. The van der Waals surface area contributed by atoms with E-state index in [4.69, 9.17) is 5.73 Å². The van der Waals surface area contributed by atoms with Crippen LogP contribution >= 0.6 is 0 Å². The summed E-state index contributed by atoms with van der Waals surface area (Å²) in [6.45, 7) is 5.52. The third-order valence-corrected chi connectivity index (χ3v) is 4.37. The third-order valence-electron chi connectivity index (χ3n) is 4.37. The van der Waals surface area contributed by atoms with Crippen LogP contribution in [0.1, 0.15) is 58.8 Å². The van der Waals surface area contributed by atoms with Crippen LogP contribution in [0.15, 0.2) is 0 Å². The lowest BCUT2D eigenvalue weighted by molar-refractivity contribution is 0.143. The second kappa shape index (κ2) is 7.29. The molecule has 0 saturated heterocycles. The van der Waals surface area contributed by atoms with Crippen LogP contribution in [0.4, 0.5) is 0 Å². The van der Waals surface area contributed by atoms with E-state index in [-0.39, 0.29) is 0 Å². The number of nitrogens with two attached hydrogens (primary N) is 1. The van der Waals surface area contributed by atoms with Gasteiger partial charge in [-0.1, -0.05) is 32.6 Å². The fourth-order valence-electron chi connectivity index (χ4n) is 3.05. The zero-order valence-corrected chi connectivity index (χ0v) is 11.4. The largest absolute Gasteiger partial charge is 0.330 e. The number of rotatable bonds is 7. The van der Waals surface area contributed by atoms with E-state index in [9.17, 15) is 0 Å². The van der Waals surface area contributed by atoms with Gasteiger partial charge in [0.2, 0.25) is 0 Å². The maximum atomic E-state index is 5.86. The van der Waals surface area contributed by atoms with Crippen LogP contribution in [-0.2, 0) is 0 Å². The van der Waals surface area contributed by atoms with Gasteiger partial charge in [-0.3, -0.25) is 0 Å². The lowest BCUT2D eigenvalue weighted by Crippen LogP contribution is -2.42. The summed E-state index contributed by atoms with van der Waals surface area (Å²) >= 11 is 0. The second-order valence-corrected chi connectivity index (χ2v) is 5.50. The van der Waals surface area contributed by atoms with E-state index < -0.39 is 0 Å². The normalized spacial score (nSPS) is 27.6. The van der Waals surface area contributed by atoms with Gasteiger partial charge in [0.05, 0.1) is 0 Å². The van der Waals surface area contributed by atoms with Gasteiger partial charge in [0, 0.05) is 12.1 Å². The van der Waals surface area contributed by atoms with Gasteiger partial charge in [-0.05, 0) is 45.7 Å². The fraction of sp³-hybridized carbons (Fsp3) is 1.00. The van der Waals surface area contributed by atoms with Crippen molar-refractivity contribution in [3.63, 3.8) is 0 Å². The summed E-state index contributed by atoms with van der Waals surface area (Å²) < 4.78 is 0. The first-order chi connectivity index (χ1) is 7.70. The van der Waals surface area contributed by atoms with Crippen molar-refractivity contribution < 1.29 is 0 Å². The van der Waals surface area contributed by atoms with Crippen molar-refractivity contribution in [2.24, 2.45) is 11.7 Å². The highest BCUT2D eigenvalue weighted by atomic mass is 15.2. The standard InChI is InChI=1S/C14H30N2/c1-4-5-6-8-12(2)16(3)14-10-7-9-13(14)11-15/h12-14H,4-11,15H2,1-3H3. The first-order valence-electron chi connectivity index (χ1n) is 7.12. The molecule has 0 aromatic carbocycles. The molecule has 1 rings (SSSR count). The molecule has 96 valence electrons. The molecule has 3 unspecified atom stereocenters. The van der Waals surface area contributed by atoms with Crippen LogP contribution in [0.25, 0.3) is 0 Å². The molecule has 1 saturated carbocycles. The first kappa shape index (κ1) is 14.0. The molecule has 0 aromatic rings. The van der Waals surface area contributed by atoms with Crippen molar-refractivity contribution in [3.8, 4) is 0 Å². The molecule has 0 spiro atoms. The highest BCUT2D eigenvalue weighted by Gasteiger charge is 2.30. The molecule has 1 aliphatic carbocycles. The summed E-state index contributed by atoms with van der Waals surface area (Å²) in [5.74, 6) is 0.749. The van der Waals surface area contributed by atoms with Gasteiger partial charge < -0.3 is 10.6 Å². The predicted octanol–water partition coefficient (Wildman–Crippen LogP) is 3.01. The van der Waals surface area contributed by atoms with Gasteiger partial charge in [-0.25, -0.2) is 0 Å². The van der Waals surface area contributed by atoms with Crippen molar-refractivity contribution in [1.82, 2.24) is 4.90 Å². The zero-order valence-electron chi connectivity index (χ0n) is 11.4. The summed E-state index contributed by atoms with van der Waals surface area (Å²) in [6, 6.07) is 1.48. The van der Waals surface area contributed by atoms with Gasteiger partial charge >= 0.3 is 0 Å². The van der Waals surface area contributed by atoms with Crippen LogP contribution < -0.4 is 5.73 Å². The van der Waals surface area contributed by atoms with Gasteiger partial charge in [0.1, 0.15) is 0 Å². The lowest BCUT2D eigenvalue weighted by atomic mass is 10.00. The quantitative estimate of drug-likeness (QED) is 0.676. The van der Waals surface area contributed by atoms with Gasteiger partial charge in [0.15, 0.2) is 0 Å². The number of unbranched alkanes of at least 4 members (excludes halogenated alkanes) is 2. The van der Waals surface area contributed by atoms with E-state index in [1.165, 1.54) is 44.9 Å². The minimum Gasteiger partial charge on any atom is -0.330 e. The van der Waals surface area contributed by atoms with Crippen LogP contribution in [0.5, 0.6) is 0 Å². The minimum atomic E-state index is 0.726. The zero-order chi connectivity index (χ0) is 12.0. The Balaban J connectivity index is 2.33. The lowest BCUT2D eigenvalue weighted by Gasteiger charge is -2.34. The Morgan fingerprint density at radius 1 is 1.31 bits per heavy atom. The Morgan fingerprint density at radius 2 is 2.06 bits per heavy atom. The number of nitrogens with zero attached hydrogens (tertiary/aromatic N) is 1. The number of hydrogen-bond acceptors (Lipinski definition) is 2. The molecule has 0 bridgehead atoms. The van der Waals surface area contributed by atoms with E-state index in [1.807, 2.05) is 0 Å². The molecule has 0 aliphatic heterocycles. The molecular formula is C14H30N2. The summed E-state index contributed by atoms with van der Waals surface area (Å²) in [7, 11) is 2.30. The molecule has 1 fully saturated rings. The van der Waals surface area contributed by atoms with Crippen LogP contribution in [-0.4, -0.2) is 30.6 Å². The van der Waals surface area contributed by atoms with E-state index >= 15 is 0 Å². The van der Waals surface area contributed by atoms with Gasteiger partial charge in [0.25, 0.3) is 0 Å². The fourth-order valence-corrected chi connectivity index (χ4v) is 3.05. The minimum absolute atomic E-state index is 0.726. The van der Waals surface area contributed by atoms with Crippen molar-refractivity contribution >= 4 is 0 Å². The summed E-state index contributed by atoms with van der Waals surface area (Å²) in [5.41, 5.74) is 5.86. The average Bonchev–Trinajstić information content (AvgIpc) is 2.76. The molecular weight excluding hydrogens is 196 g/mol. The highest BCUT2D eigenvalue weighted by Crippen LogP contribution is 2.30. The van der Waals surface area contributed by atoms with Crippen molar-refractivity contribution in [3.05, 3.63) is 0 Å². The Labute approximate surface area is 102 Å². The Morgan fingerprint density at radius 3 is 2.69 bits per heavy atom. The van der Waals surface area contributed by atoms with Gasteiger partial charge in [-0.2, -0.15) is 0 Å². The van der Waals surface area contributed by atoms with Crippen molar-refractivity contribution in [2.45, 2.75) is 70.9 Å². The van der Waals surface area contributed by atoms with E-state index in [0.29, 0.717) is 0 Å². The van der Waals surface area contributed by atoms with E-state index in [1.54, 1.807) is 0 Å². The maximum Gasteiger partial charge on any atom is 0.0135 e. The molecule has 0 heterocycles. The van der Waals surface area contributed by atoms with E-state index in [2.05, 4.69) is 25.8 Å². The summed E-state index contributed by atoms with van der Waals surface area (Å²) in [4.78, 5) is 2.60. The summed E-state index contributed by atoms with van der Waals surface area (Å²) in [5, 5.41) is 0. The highest BCUT2D eigenvalue weighted by molar-refractivity contribution is 4.86. The molecule has 3 atom stereocenters. The Kier molecular flexibility index (Phi) is 6.37. The predicted molar refractivity (Wildman–Crippen MR) is 71.6 cm³/mol. The smallest absolute Gasteiger partial charge is 0.0135 e. The van der Waals surface area contributed by atoms with Crippen molar-refractivity contribution in [1.29, 1.82) is 0 Å². The molecule has 0 amide bonds. The summed E-state index contributed by atoms with van der Waals surface area (Å²) in [6.07, 6.45) is 9.50. The Bertz CT molecular complexity index is 182. The molecule has 0 aromatic heterocycles. The van der Waals surface area contributed by atoms with Crippen LogP contribution in [0.2, 0.25) is 0 Å². The Hall–Kier alpha value is -0.0800. The molecule has 2 nitrogen and oxygen atoms in total. The number of hydrogen-bond donors (Lipinski definition) is 1. The first-order valence-corrected chi connectivity index (χ1v) is 7.12. The van der Waals surface area contributed by atoms with Gasteiger partial charge in [-0.15, -0.1) is 0 Å². The maximum absolute atomic E-state index is 5.86. The monoisotopic (exact) mass is 226 g/mol. The molecule has 1 aliphatic rings. The van der Waals surface area contributed by atoms with Crippen LogP contribution in [0, 0.1) is 5.92 Å². The van der Waals surface area contributed by atoms with E-state index in [0.717, 1.165) is 24.5 Å².